The zero-order valence-corrected chi connectivity index (χ0v) is 18.0. The molecule has 0 heterocycles. The van der Waals surface area contributed by atoms with Gasteiger partial charge in [0, 0.05) is 0 Å². The summed E-state index contributed by atoms with van der Waals surface area (Å²) in [4.78, 5) is 25.2. The Morgan fingerprint density at radius 3 is 2.32 bits per heavy atom. The van der Waals surface area contributed by atoms with Crippen LogP contribution in [0.5, 0.6) is 0 Å². The second-order valence-electron chi connectivity index (χ2n) is 8.12. The molecule has 160 valence electrons. The fraction of sp³-hybridized carbons (Fsp3) is 0.600. The van der Waals surface area contributed by atoms with Crippen molar-refractivity contribution in [2.24, 2.45) is 17.8 Å². The van der Waals surface area contributed by atoms with Crippen LogP contribution in [0.25, 0.3) is 0 Å². The van der Waals surface area contributed by atoms with E-state index in [1.807, 2.05) is 6.07 Å². The molecule has 2 saturated carbocycles. The van der Waals surface area contributed by atoms with E-state index in [4.69, 9.17) is 37.6 Å². The lowest BCUT2D eigenvalue weighted by atomic mass is 9.81. The summed E-state index contributed by atoms with van der Waals surface area (Å²) in [6.45, 7) is -0.382. The molecule has 2 fully saturated rings. The lowest BCUT2D eigenvalue weighted by Crippen LogP contribution is -2.32. The van der Waals surface area contributed by atoms with Crippen LogP contribution in [-0.4, -0.2) is 66.9 Å². The largest absolute Gasteiger partial charge is 0.464 e. The number of ether oxygens (including phenoxy) is 2. The molecule has 1 N–H and O–H groups in total. The van der Waals surface area contributed by atoms with Crippen molar-refractivity contribution in [3.05, 3.63) is 34.4 Å². The molecule has 31 heavy (non-hydrogen) atoms. The molecule has 0 spiro atoms. The summed E-state index contributed by atoms with van der Waals surface area (Å²) in [7, 11) is 13.2. The van der Waals surface area contributed by atoms with Crippen LogP contribution >= 0.6 is 0 Å². The third kappa shape index (κ3) is 5.55. The number of rotatable bonds is 9. The summed E-state index contributed by atoms with van der Waals surface area (Å²) in [5.74, 6) is -1.91. The average Bonchev–Trinajstić information content (AvgIpc) is 3.32. The minimum Gasteiger partial charge on any atom is -0.464 e. The molecule has 2 aliphatic carbocycles. The normalized spacial score (nSPS) is 24.8. The summed E-state index contributed by atoms with van der Waals surface area (Å²) in [5, 5.41) is 0. The second kappa shape index (κ2) is 9.82. The van der Waals surface area contributed by atoms with Crippen molar-refractivity contribution in [3.63, 3.8) is 0 Å². The molecule has 6 radical (unpaired) electrons. The van der Waals surface area contributed by atoms with Gasteiger partial charge < -0.3 is 9.47 Å². The Hall–Kier alpha value is -1.74. The maximum atomic E-state index is 12.9. The van der Waals surface area contributed by atoms with Crippen LogP contribution in [0.2, 0.25) is 0 Å². The summed E-state index contributed by atoms with van der Waals surface area (Å²) < 4.78 is 41.0. The lowest BCUT2D eigenvalue weighted by molar-refractivity contribution is -0.150. The number of hydrogen-bond acceptors (Lipinski definition) is 6. The molecule has 4 unspecified atom stereocenters. The van der Waals surface area contributed by atoms with Crippen LogP contribution in [-0.2, 0) is 43.3 Å². The van der Waals surface area contributed by atoms with E-state index in [0.29, 0.717) is 24.0 Å². The molecule has 0 aliphatic heterocycles. The van der Waals surface area contributed by atoms with E-state index < -0.39 is 27.8 Å². The summed E-state index contributed by atoms with van der Waals surface area (Å²) in [5.41, 5.74) is 2.55. The van der Waals surface area contributed by atoms with E-state index in [1.165, 1.54) is 0 Å². The molecule has 2 aliphatic rings. The Morgan fingerprint density at radius 2 is 1.77 bits per heavy atom. The standard InChI is InChI=1S/C20H23B3O7S/c21-8-11-3-14(9-22)17(10-23)16(4-11)20(25)30-18-7-12-5-13(18)6-15(12)19(24)29-1-2-31(26,27)28/h3-4,12-13,15,18H,1-2,5-10H2,(H,26,27,28). The van der Waals surface area contributed by atoms with Gasteiger partial charge in [-0.25, -0.2) is 4.79 Å². The molecule has 0 aromatic heterocycles. The van der Waals surface area contributed by atoms with Crippen molar-refractivity contribution < 1.29 is 32.0 Å². The first-order valence-electron chi connectivity index (χ1n) is 10.2. The van der Waals surface area contributed by atoms with E-state index in [-0.39, 0.29) is 49.4 Å². The Bertz CT molecular complexity index is 950. The molecule has 11 heteroatoms. The summed E-state index contributed by atoms with van der Waals surface area (Å²) in [6, 6.07) is 3.53. The SMILES string of the molecule is [B]Cc1cc(C[B])c(C[B])c(C(=O)OC2CC3CC2CC3C(=O)OCCS(=O)(=O)O)c1. The van der Waals surface area contributed by atoms with E-state index >= 15 is 0 Å². The molecule has 3 rings (SSSR count). The predicted octanol–water partition coefficient (Wildman–Crippen LogP) is 0.695. The van der Waals surface area contributed by atoms with Crippen LogP contribution in [0.1, 0.15) is 46.3 Å². The number of benzene rings is 1. The highest BCUT2D eigenvalue weighted by molar-refractivity contribution is 7.85. The van der Waals surface area contributed by atoms with Gasteiger partial charge >= 0.3 is 11.9 Å². The topological polar surface area (TPSA) is 107 Å². The van der Waals surface area contributed by atoms with Crippen LogP contribution in [0, 0.1) is 17.8 Å². The summed E-state index contributed by atoms with van der Waals surface area (Å²) in [6.07, 6.45) is 2.10. The van der Waals surface area contributed by atoms with Gasteiger partial charge in [-0.15, -0.1) is 0 Å². The van der Waals surface area contributed by atoms with Gasteiger partial charge in [0.1, 0.15) is 18.5 Å². The molecule has 0 saturated heterocycles. The average molecular weight is 440 g/mol. The molecular formula is C20H23B3O7S. The number of carbonyl (C=O) groups is 2. The molecule has 1 aromatic rings. The van der Waals surface area contributed by atoms with Gasteiger partial charge in [-0.05, 0) is 42.7 Å². The van der Waals surface area contributed by atoms with Crippen LogP contribution in [0.3, 0.4) is 0 Å². The van der Waals surface area contributed by atoms with Gasteiger partial charge in [0.2, 0.25) is 0 Å². The highest BCUT2D eigenvalue weighted by atomic mass is 32.2. The molecule has 1 aromatic carbocycles. The van der Waals surface area contributed by atoms with E-state index in [2.05, 4.69) is 0 Å². The minimum atomic E-state index is -4.18. The maximum absolute atomic E-state index is 12.9. The van der Waals surface area contributed by atoms with Gasteiger partial charge in [-0.2, -0.15) is 8.42 Å². The highest BCUT2D eigenvalue weighted by Crippen LogP contribution is 2.50. The number of carbonyl (C=O) groups excluding carboxylic acids is 2. The van der Waals surface area contributed by atoms with Crippen molar-refractivity contribution in [1.82, 2.24) is 0 Å². The Morgan fingerprint density at radius 1 is 1.03 bits per heavy atom. The van der Waals surface area contributed by atoms with Crippen LogP contribution in [0.15, 0.2) is 12.1 Å². The zero-order chi connectivity index (χ0) is 22.8. The smallest absolute Gasteiger partial charge is 0.338 e. The molecule has 0 amide bonds. The van der Waals surface area contributed by atoms with Crippen molar-refractivity contribution in [2.75, 3.05) is 12.4 Å². The van der Waals surface area contributed by atoms with Crippen molar-refractivity contribution >= 4 is 45.6 Å². The van der Waals surface area contributed by atoms with Gasteiger partial charge in [0.05, 0.1) is 35.0 Å². The zero-order valence-electron chi connectivity index (χ0n) is 17.2. The number of fused-ring (bicyclic) bond motifs is 2. The Labute approximate surface area is 186 Å². The van der Waals surface area contributed by atoms with Gasteiger partial charge in [-0.3, -0.25) is 9.35 Å². The van der Waals surface area contributed by atoms with Gasteiger partial charge in [0.25, 0.3) is 10.1 Å². The van der Waals surface area contributed by atoms with Gasteiger partial charge in [-0.1, -0.05) is 36.2 Å². The van der Waals surface area contributed by atoms with E-state index in [0.717, 1.165) is 17.5 Å². The first-order chi connectivity index (χ1) is 14.7. The van der Waals surface area contributed by atoms with E-state index in [9.17, 15) is 18.0 Å². The van der Waals surface area contributed by atoms with Crippen molar-refractivity contribution in [3.8, 4) is 0 Å². The first-order valence-corrected chi connectivity index (χ1v) is 11.8. The fourth-order valence-electron chi connectivity index (χ4n) is 4.73. The predicted molar refractivity (Wildman–Crippen MR) is 116 cm³/mol. The number of hydrogen-bond donors (Lipinski definition) is 1. The van der Waals surface area contributed by atoms with Crippen LogP contribution in [0.4, 0.5) is 0 Å². The van der Waals surface area contributed by atoms with Crippen molar-refractivity contribution in [2.45, 2.75) is 44.3 Å². The summed E-state index contributed by atoms with van der Waals surface area (Å²) >= 11 is 0. The van der Waals surface area contributed by atoms with Gasteiger partial charge in [0.15, 0.2) is 0 Å². The molecular weight excluding hydrogens is 417 g/mol. The van der Waals surface area contributed by atoms with Crippen LogP contribution < -0.4 is 0 Å². The molecule has 2 bridgehead atoms. The Kier molecular flexibility index (Phi) is 7.57. The third-order valence-electron chi connectivity index (χ3n) is 6.22. The second-order valence-corrected chi connectivity index (χ2v) is 9.70. The number of esters is 2. The van der Waals surface area contributed by atoms with Crippen molar-refractivity contribution in [1.29, 1.82) is 0 Å². The third-order valence-corrected chi connectivity index (χ3v) is 6.90. The monoisotopic (exact) mass is 440 g/mol. The fourth-order valence-corrected chi connectivity index (χ4v) is 5.03. The minimum absolute atomic E-state index is 0.00462. The molecule has 7 nitrogen and oxygen atoms in total. The highest BCUT2D eigenvalue weighted by Gasteiger charge is 2.50. The van der Waals surface area contributed by atoms with E-state index in [1.54, 1.807) is 6.07 Å². The Balaban J connectivity index is 1.62. The first kappa shape index (κ1) is 23.9. The quantitative estimate of drug-likeness (QED) is 0.343. The molecule has 4 atom stereocenters. The lowest BCUT2D eigenvalue weighted by Gasteiger charge is -2.27. The maximum Gasteiger partial charge on any atom is 0.338 e.